The highest BCUT2D eigenvalue weighted by Gasteiger charge is 2.24. The number of aromatic nitrogens is 3. The van der Waals surface area contributed by atoms with Crippen LogP contribution in [0.3, 0.4) is 0 Å². The lowest BCUT2D eigenvalue weighted by Crippen LogP contribution is -2.21. The minimum absolute atomic E-state index is 0.0255. The number of carboxylic acid groups (broad SMARTS) is 1. The molecular weight excluding hydrogens is 170 g/mol. The third-order valence-electron chi connectivity index (χ3n) is 1.53. The van der Waals surface area contributed by atoms with Crippen LogP contribution in [0.15, 0.2) is 6.33 Å². The molecule has 13 heavy (non-hydrogen) atoms. The smallest absolute Gasteiger partial charge is 0.356 e. The molecule has 70 valence electrons. The molecule has 5 nitrogen and oxygen atoms in total. The topological polar surface area (TPSA) is 76.0 Å². The van der Waals surface area contributed by atoms with Crippen LogP contribution in [0, 0.1) is 0 Å². The molecule has 0 aliphatic carbocycles. The average Bonchev–Trinajstić information content (AvgIpc) is 2.03. The van der Waals surface area contributed by atoms with Crippen molar-refractivity contribution in [1.29, 1.82) is 0 Å². The molecule has 1 aromatic heterocycles. The zero-order valence-electron chi connectivity index (χ0n) is 7.77. The summed E-state index contributed by atoms with van der Waals surface area (Å²) in [7, 11) is 0. The SMILES string of the molecule is CC(C)(C)c1nncnc1C(=O)O. The normalized spacial score (nSPS) is 11.3. The second-order valence-corrected chi connectivity index (χ2v) is 3.71. The van der Waals surface area contributed by atoms with Crippen LogP contribution < -0.4 is 0 Å². The van der Waals surface area contributed by atoms with Crippen LogP contribution >= 0.6 is 0 Å². The van der Waals surface area contributed by atoms with Crippen LogP contribution in [0.5, 0.6) is 0 Å². The van der Waals surface area contributed by atoms with Crippen LogP contribution in [0.2, 0.25) is 0 Å². The van der Waals surface area contributed by atoms with Gasteiger partial charge in [0.15, 0.2) is 5.69 Å². The first-order valence-corrected chi connectivity index (χ1v) is 3.84. The van der Waals surface area contributed by atoms with Gasteiger partial charge in [-0.2, -0.15) is 5.10 Å². The molecular formula is C8H11N3O2. The van der Waals surface area contributed by atoms with E-state index in [9.17, 15) is 4.79 Å². The number of carboxylic acids is 1. The molecule has 0 unspecified atom stereocenters. The summed E-state index contributed by atoms with van der Waals surface area (Å²) in [4.78, 5) is 14.4. The highest BCUT2D eigenvalue weighted by Crippen LogP contribution is 2.21. The average molecular weight is 181 g/mol. The Labute approximate surface area is 75.8 Å². The van der Waals surface area contributed by atoms with E-state index >= 15 is 0 Å². The number of hydrogen-bond acceptors (Lipinski definition) is 4. The van der Waals surface area contributed by atoms with Gasteiger partial charge in [0.05, 0.1) is 0 Å². The zero-order valence-corrected chi connectivity index (χ0v) is 7.77. The van der Waals surface area contributed by atoms with E-state index in [1.54, 1.807) is 0 Å². The maximum atomic E-state index is 10.7. The molecule has 0 amide bonds. The quantitative estimate of drug-likeness (QED) is 0.695. The summed E-state index contributed by atoms with van der Waals surface area (Å²) in [6.07, 6.45) is 1.14. The fourth-order valence-corrected chi connectivity index (χ4v) is 0.937. The van der Waals surface area contributed by atoms with Gasteiger partial charge in [0.1, 0.15) is 12.0 Å². The van der Waals surface area contributed by atoms with Crippen molar-refractivity contribution in [3.63, 3.8) is 0 Å². The minimum atomic E-state index is -1.07. The molecule has 1 heterocycles. The summed E-state index contributed by atoms with van der Waals surface area (Å²) in [6.45, 7) is 5.60. The molecule has 0 radical (unpaired) electrons. The van der Waals surface area contributed by atoms with E-state index in [1.165, 1.54) is 0 Å². The molecule has 0 atom stereocenters. The Morgan fingerprint density at radius 3 is 2.46 bits per heavy atom. The molecule has 0 saturated heterocycles. The third kappa shape index (κ3) is 1.99. The van der Waals surface area contributed by atoms with Gasteiger partial charge in [-0.05, 0) is 0 Å². The Kier molecular flexibility index (Phi) is 2.27. The number of hydrogen-bond donors (Lipinski definition) is 1. The number of nitrogens with zero attached hydrogens (tertiary/aromatic N) is 3. The van der Waals surface area contributed by atoms with E-state index in [0.29, 0.717) is 5.69 Å². The predicted molar refractivity (Wildman–Crippen MR) is 45.5 cm³/mol. The Morgan fingerprint density at radius 1 is 1.46 bits per heavy atom. The van der Waals surface area contributed by atoms with E-state index in [4.69, 9.17) is 5.11 Å². The third-order valence-corrected chi connectivity index (χ3v) is 1.53. The van der Waals surface area contributed by atoms with Crippen molar-refractivity contribution >= 4 is 5.97 Å². The molecule has 1 aromatic rings. The first-order chi connectivity index (χ1) is 5.93. The van der Waals surface area contributed by atoms with Crippen molar-refractivity contribution in [2.45, 2.75) is 26.2 Å². The van der Waals surface area contributed by atoms with Crippen molar-refractivity contribution in [1.82, 2.24) is 15.2 Å². The first kappa shape index (κ1) is 9.57. The molecule has 1 N–H and O–H groups in total. The molecule has 0 spiro atoms. The summed E-state index contributed by atoms with van der Waals surface area (Å²) in [5, 5.41) is 16.1. The fourth-order valence-electron chi connectivity index (χ4n) is 0.937. The lowest BCUT2D eigenvalue weighted by atomic mass is 9.90. The van der Waals surface area contributed by atoms with Gasteiger partial charge in [-0.25, -0.2) is 9.78 Å². The molecule has 0 fully saturated rings. The maximum Gasteiger partial charge on any atom is 0.356 e. The minimum Gasteiger partial charge on any atom is -0.476 e. The fraction of sp³-hybridized carbons (Fsp3) is 0.500. The lowest BCUT2D eigenvalue weighted by Gasteiger charge is -2.17. The van der Waals surface area contributed by atoms with Gasteiger partial charge in [-0.3, -0.25) is 0 Å². The first-order valence-electron chi connectivity index (χ1n) is 3.84. The van der Waals surface area contributed by atoms with E-state index in [-0.39, 0.29) is 11.1 Å². The van der Waals surface area contributed by atoms with Crippen LogP contribution in [0.25, 0.3) is 0 Å². The van der Waals surface area contributed by atoms with E-state index < -0.39 is 5.97 Å². The van der Waals surface area contributed by atoms with Gasteiger partial charge in [-0.1, -0.05) is 20.8 Å². The molecule has 1 rings (SSSR count). The Morgan fingerprint density at radius 2 is 2.08 bits per heavy atom. The molecule has 0 bridgehead atoms. The van der Waals surface area contributed by atoms with Gasteiger partial charge in [0, 0.05) is 5.41 Å². The van der Waals surface area contributed by atoms with Gasteiger partial charge in [0.2, 0.25) is 0 Å². The van der Waals surface area contributed by atoms with Crippen LogP contribution in [0.4, 0.5) is 0 Å². The Hall–Kier alpha value is -1.52. The van der Waals surface area contributed by atoms with Crippen LogP contribution in [0.1, 0.15) is 37.0 Å². The Bertz CT molecular complexity index is 330. The Balaban J connectivity index is 3.28. The second kappa shape index (κ2) is 3.08. The predicted octanol–water partition coefficient (Wildman–Crippen LogP) is 0.867. The number of carbonyl (C=O) groups is 1. The molecule has 0 aliphatic rings. The summed E-state index contributed by atoms with van der Waals surface area (Å²) in [5.74, 6) is -1.07. The number of rotatable bonds is 1. The van der Waals surface area contributed by atoms with Crippen molar-refractivity contribution in [3.8, 4) is 0 Å². The van der Waals surface area contributed by atoms with Crippen molar-refractivity contribution in [2.75, 3.05) is 0 Å². The molecule has 5 heteroatoms. The molecule has 0 aliphatic heterocycles. The summed E-state index contributed by atoms with van der Waals surface area (Å²) >= 11 is 0. The monoisotopic (exact) mass is 181 g/mol. The van der Waals surface area contributed by atoms with E-state index in [2.05, 4.69) is 15.2 Å². The van der Waals surface area contributed by atoms with E-state index in [0.717, 1.165) is 6.33 Å². The standard InChI is InChI=1S/C8H11N3O2/c1-8(2,3)6-5(7(12)13)9-4-10-11-6/h4H,1-3H3,(H,12,13). The highest BCUT2D eigenvalue weighted by atomic mass is 16.4. The largest absolute Gasteiger partial charge is 0.476 e. The van der Waals surface area contributed by atoms with E-state index in [1.807, 2.05) is 20.8 Å². The molecule has 0 saturated carbocycles. The number of aromatic carboxylic acids is 1. The van der Waals surface area contributed by atoms with Crippen molar-refractivity contribution < 1.29 is 9.90 Å². The summed E-state index contributed by atoms with van der Waals surface area (Å²) in [5.41, 5.74) is 0.0274. The highest BCUT2D eigenvalue weighted by molar-refractivity contribution is 5.86. The van der Waals surface area contributed by atoms with Gasteiger partial charge in [0.25, 0.3) is 0 Å². The molecule has 0 aromatic carbocycles. The second-order valence-electron chi connectivity index (χ2n) is 3.71. The lowest BCUT2D eigenvalue weighted by molar-refractivity contribution is 0.0686. The van der Waals surface area contributed by atoms with Crippen LogP contribution in [-0.4, -0.2) is 26.3 Å². The van der Waals surface area contributed by atoms with Crippen LogP contribution in [-0.2, 0) is 5.41 Å². The van der Waals surface area contributed by atoms with Gasteiger partial charge >= 0.3 is 5.97 Å². The van der Waals surface area contributed by atoms with Crippen molar-refractivity contribution in [2.24, 2.45) is 0 Å². The van der Waals surface area contributed by atoms with Gasteiger partial charge < -0.3 is 5.11 Å². The zero-order chi connectivity index (χ0) is 10.1. The summed E-state index contributed by atoms with van der Waals surface area (Å²) < 4.78 is 0. The maximum absolute atomic E-state index is 10.7. The van der Waals surface area contributed by atoms with Crippen molar-refractivity contribution in [3.05, 3.63) is 17.7 Å². The summed E-state index contributed by atoms with van der Waals surface area (Å²) in [6, 6.07) is 0. The van der Waals surface area contributed by atoms with Gasteiger partial charge in [-0.15, -0.1) is 5.10 Å².